The van der Waals surface area contributed by atoms with E-state index in [0.29, 0.717) is 18.5 Å². The lowest BCUT2D eigenvalue weighted by atomic mass is 9.77. The zero-order chi connectivity index (χ0) is 15.0. The number of urea groups is 1. The summed E-state index contributed by atoms with van der Waals surface area (Å²) in [4.78, 5) is 27.9. The van der Waals surface area contributed by atoms with Crippen LogP contribution in [0.25, 0.3) is 0 Å². The molecule has 0 aromatic rings. The van der Waals surface area contributed by atoms with E-state index in [1.807, 2.05) is 0 Å². The van der Waals surface area contributed by atoms with Crippen molar-refractivity contribution in [1.29, 1.82) is 0 Å². The van der Waals surface area contributed by atoms with Crippen molar-refractivity contribution in [2.75, 3.05) is 19.8 Å². The number of quaternary nitrogens is 1. The maximum absolute atomic E-state index is 12.8. The lowest BCUT2D eigenvalue weighted by Gasteiger charge is -2.34. The molecule has 3 fully saturated rings. The number of hydrogen-bond donors (Lipinski definition) is 2. The zero-order valence-electron chi connectivity index (χ0n) is 13.3. The van der Waals surface area contributed by atoms with Crippen molar-refractivity contribution in [2.45, 2.75) is 57.9 Å². The van der Waals surface area contributed by atoms with Crippen LogP contribution in [-0.2, 0) is 4.79 Å². The maximum Gasteiger partial charge on any atom is 0.329 e. The predicted octanol–water partition coefficient (Wildman–Crippen LogP) is 0.759. The van der Waals surface area contributed by atoms with E-state index in [2.05, 4.69) is 19.2 Å². The lowest BCUT2D eigenvalue weighted by Crippen LogP contribution is -3.15. The molecule has 2 N–H and O–H groups in total. The predicted molar refractivity (Wildman–Crippen MR) is 79.7 cm³/mol. The van der Waals surface area contributed by atoms with Gasteiger partial charge in [-0.1, -0.05) is 13.8 Å². The van der Waals surface area contributed by atoms with Gasteiger partial charge in [0.25, 0.3) is 5.91 Å². The van der Waals surface area contributed by atoms with E-state index in [1.54, 1.807) is 0 Å². The van der Waals surface area contributed by atoms with Gasteiger partial charge in [-0.25, -0.2) is 9.69 Å². The van der Waals surface area contributed by atoms with Crippen LogP contribution in [0.3, 0.4) is 0 Å². The van der Waals surface area contributed by atoms with Crippen LogP contribution in [0, 0.1) is 11.8 Å². The molecule has 3 aliphatic rings. The summed E-state index contributed by atoms with van der Waals surface area (Å²) >= 11 is 0. The van der Waals surface area contributed by atoms with Crippen molar-refractivity contribution >= 4 is 11.9 Å². The van der Waals surface area contributed by atoms with Crippen LogP contribution in [0.1, 0.15) is 52.4 Å². The molecule has 1 saturated carbocycles. The first kappa shape index (κ1) is 14.8. The van der Waals surface area contributed by atoms with Crippen molar-refractivity contribution in [3.05, 3.63) is 0 Å². The number of carbonyl (C=O) groups is 2. The molecule has 2 saturated heterocycles. The van der Waals surface area contributed by atoms with Crippen LogP contribution in [0.2, 0.25) is 0 Å². The van der Waals surface area contributed by atoms with Gasteiger partial charge < -0.3 is 10.2 Å². The molecule has 1 aliphatic carbocycles. The number of nitrogens with zero attached hydrogens (tertiary/aromatic N) is 1. The first-order chi connectivity index (χ1) is 10.00. The number of carbonyl (C=O) groups excluding carboxylic acids is 2. The highest BCUT2D eigenvalue weighted by Crippen LogP contribution is 2.35. The van der Waals surface area contributed by atoms with Crippen molar-refractivity contribution in [3.8, 4) is 0 Å². The molecule has 3 amide bonds. The van der Waals surface area contributed by atoms with Crippen LogP contribution < -0.4 is 10.2 Å². The molecule has 1 spiro atoms. The molecule has 118 valence electrons. The third-order valence-electron chi connectivity index (χ3n) is 5.62. The largest absolute Gasteiger partial charge is 0.329 e. The van der Waals surface area contributed by atoms with E-state index >= 15 is 0 Å². The maximum atomic E-state index is 12.8. The number of piperidine rings is 1. The van der Waals surface area contributed by atoms with Gasteiger partial charge >= 0.3 is 6.03 Å². The SMILES string of the molecule is CC1CCC2(CC1)NC(=O)N(C[NH+]1CCC[C@@H](C)C1)C2=O. The van der Waals surface area contributed by atoms with Gasteiger partial charge in [-0.05, 0) is 44.4 Å². The second kappa shape index (κ2) is 5.59. The van der Waals surface area contributed by atoms with Crippen molar-refractivity contribution in [3.63, 3.8) is 0 Å². The first-order valence-corrected chi connectivity index (χ1v) is 8.48. The molecule has 2 aliphatic heterocycles. The Morgan fingerprint density at radius 1 is 1.19 bits per heavy atom. The molecule has 2 heterocycles. The molecule has 1 unspecified atom stereocenters. The van der Waals surface area contributed by atoms with Crippen LogP contribution in [0.15, 0.2) is 0 Å². The van der Waals surface area contributed by atoms with E-state index in [4.69, 9.17) is 0 Å². The lowest BCUT2D eigenvalue weighted by molar-refractivity contribution is -0.915. The molecule has 0 aromatic carbocycles. The number of imide groups is 1. The summed E-state index contributed by atoms with van der Waals surface area (Å²) in [5, 5.41) is 3.01. The topological polar surface area (TPSA) is 53.9 Å². The Hall–Kier alpha value is -1.10. The third kappa shape index (κ3) is 2.80. The second-order valence-electron chi connectivity index (χ2n) is 7.54. The minimum atomic E-state index is -0.579. The van der Waals surface area contributed by atoms with Gasteiger partial charge in [-0.3, -0.25) is 4.79 Å². The molecule has 0 aromatic heterocycles. The summed E-state index contributed by atoms with van der Waals surface area (Å²) in [6.07, 6.45) is 6.15. The fourth-order valence-corrected chi connectivity index (χ4v) is 4.18. The van der Waals surface area contributed by atoms with E-state index in [1.165, 1.54) is 22.6 Å². The van der Waals surface area contributed by atoms with Crippen LogP contribution in [0.4, 0.5) is 4.79 Å². The number of likely N-dealkylation sites (tertiary alicyclic amines) is 1. The highest BCUT2D eigenvalue weighted by Gasteiger charge is 2.53. The van der Waals surface area contributed by atoms with Crippen molar-refractivity contribution < 1.29 is 14.5 Å². The van der Waals surface area contributed by atoms with E-state index in [9.17, 15) is 9.59 Å². The Kier molecular flexibility index (Phi) is 3.95. The summed E-state index contributed by atoms with van der Waals surface area (Å²) in [5.41, 5.74) is -0.579. The molecule has 2 atom stereocenters. The van der Waals surface area contributed by atoms with Gasteiger partial charge in [0, 0.05) is 5.92 Å². The Balaban J connectivity index is 1.66. The molecule has 3 rings (SSSR count). The summed E-state index contributed by atoms with van der Waals surface area (Å²) in [6.45, 7) is 7.18. The van der Waals surface area contributed by atoms with Gasteiger partial charge in [0.15, 0.2) is 6.67 Å². The average Bonchev–Trinajstić information content (AvgIpc) is 2.67. The highest BCUT2D eigenvalue weighted by atomic mass is 16.2. The van der Waals surface area contributed by atoms with Gasteiger partial charge in [-0.15, -0.1) is 0 Å². The Bertz CT molecular complexity index is 429. The normalized spacial score (nSPS) is 40.7. The highest BCUT2D eigenvalue weighted by molar-refractivity contribution is 6.06. The molecule has 21 heavy (non-hydrogen) atoms. The monoisotopic (exact) mass is 294 g/mol. The number of hydrogen-bond acceptors (Lipinski definition) is 2. The van der Waals surface area contributed by atoms with E-state index in [0.717, 1.165) is 38.8 Å². The fourth-order valence-electron chi connectivity index (χ4n) is 4.18. The Morgan fingerprint density at radius 2 is 1.90 bits per heavy atom. The van der Waals surface area contributed by atoms with Crippen LogP contribution in [-0.4, -0.2) is 42.1 Å². The smallest absolute Gasteiger partial charge is 0.323 e. The standard InChI is InChI=1S/C16H27N3O2/c1-12-5-7-16(8-6-12)14(20)19(15(21)17-16)11-18-9-3-4-13(2)10-18/h12-13H,3-11H2,1-2H3,(H,17,21)/p+1/t12?,13-,16?/m1/s1. The third-order valence-corrected chi connectivity index (χ3v) is 5.62. The Morgan fingerprint density at radius 3 is 2.57 bits per heavy atom. The first-order valence-electron chi connectivity index (χ1n) is 8.48. The number of amides is 3. The molecular weight excluding hydrogens is 266 g/mol. The number of nitrogens with one attached hydrogen (secondary N) is 2. The van der Waals surface area contributed by atoms with Crippen molar-refractivity contribution in [2.24, 2.45) is 11.8 Å². The summed E-state index contributed by atoms with van der Waals surface area (Å²) in [6, 6.07) is -0.166. The second-order valence-corrected chi connectivity index (χ2v) is 7.54. The summed E-state index contributed by atoms with van der Waals surface area (Å²) in [7, 11) is 0. The van der Waals surface area contributed by atoms with Crippen LogP contribution >= 0.6 is 0 Å². The van der Waals surface area contributed by atoms with E-state index in [-0.39, 0.29) is 11.9 Å². The molecule has 5 heteroatoms. The average molecular weight is 294 g/mol. The zero-order valence-corrected chi connectivity index (χ0v) is 13.3. The molecule has 0 radical (unpaired) electrons. The quantitative estimate of drug-likeness (QED) is 0.739. The molecular formula is C16H28N3O2+. The minimum absolute atomic E-state index is 0.0325. The van der Waals surface area contributed by atoms with Gasteiger partial charge in [0.05, 0.1) is 13.1 Å². The molecule has 5 nitrogen and oxygen atoms in total. The molecule has 0 bridgehead atoms. The minimum Gasteiger partial charge on any atom is -0.323 e. The Labute approximate surface area is 127 Å². The van der Waals surface area contributed by atoms with E-state index < -0.39 is 5.54 Å². The van der Waals surface area contributed by atoms with Gasteiger partial charge in [0.2, 0.25) is 0 Å². The number of rotatable bonds is 2. The summed E-state index contributed by atoms with van der Waals surface area (Å²) in [5.74, 6) is 1.40. The fraction of sp³-hybridized carbons (Fsp3) is 0.875. The van der Waals surface area contributed by atoms with Gasteiger partial charge in [-0.2, -0.15) is 0 Å². The van der Waals surface area contributed by atoms with Crippen molar-refractivity contribution in [1.82, 2.24) is 10.2 Å². The van der Waals surface area contributed by atoms with Gasteiger partial charge in [0.1, 0.15) is 5.54 Å². The summed E-state index contributed by atoms with van der Waals surface area (Å²) < 4.78 is 0. The van der Waals surface area contributed by atoms with Crippen LogP contribution in [0.5, 0.6) is 0 Å².